The fourth-order valence-electron chi connectivity index (χ4n) is 1.85. The van der Waals surface area contributed by atoms with Crippen LogP contribution in [0.25, 0.3) is 0 Å². The van der Waals surface area contributed by atoms with Gasteiger partial charge in [0, 0.05) is 6.07 Å². The molecule has 0 heterocycles. The monoisotopic (exact) mass is 367 g/mol. The Balaban J connectivity index is 2.37. The minimum absolute atomic E-state index is 0.0580. The van der Waals surface area contributed by atoms with Crippen LogP contribution in [0.4, 0.5) is 10.1 Å². The zero-order valence-electron chi connectivity index (χ0n) is 12.4. The first-order valence-corrected chi connectivity index (χ1v) is 7.39. The van der Waals surface area contributed by atoms with E-state index in [1.165, 1.54) is 12.1 Å². The van der Waals surface area contributed by atoms with Gasteiger partial charge < -0.3 is 4.74 Å². The molecular formula is C16H15BrFNO3. The highest BCUT2D eigenvalue weighted by molar-refractivity contribution is 9.10. The largest absolute Gasteiger partial charge is 0.453 e. The molecule has 0 atom stereocenters. The van der Waals surface area contributed by atoms with E-state index in [0.717, 1.165) is 11.6 Å². The molecule has 2 rings (SSSR count). The Kier molecular flexibility index (Phi) is 4.51. The van der Waals surface area contributed by atoms with Gasteiger partial charge in [0.15, 0.2) is 11.6 Å². The van der Waals surface area contributed by atoms with Gasteiger partial charge in [-0.1, -0.05) is 26.8 Å². The van der Waals surface area contributed by atoms with Crippen LogP contribution in [0, 0.1) is 15.9 Å². The highest BCUT2D eigenvalue weighted by atomic mass is 79.9. The van der Waals surface area contributed by atoms with Crippen LogP contribution in [0.1, 0.15) is 26.3 Å². The van der Waals surface area contributed by atoms with E-state index in [0.29, 0.717) is 10.2 Å². The smallest absolute Gasteiger partial charge is 0.272 e. The van der Waals surface area contributed by atoms with Crippen molar-refractivity contribution in [2.45, 2.75) is 26.2 Å². The van der Waals surface area contributed by atoms with Gasteiger partial charge in [0.05, 0.1) is 15.5 Å². The first kappa shape index (κ1) is 16.4. The lowest BCUT2D eigenvalue weighted by Gasteiger charge is -2.20. The molecule has 0 aliphatic carbocycles. The second-order valence-corrected chi connectivity index (χ2v) is 6.72. The predicted octanol–water partition coefficient (Wildman–Crippen LogP) is 5.59. The van der Waals surface area contributed by atoms with Gasteiger partial charge in [-0.05, 0) is 45.1 Å². The van der Waals surface area contributed by atoms with Crippen molar-refractivity contribution >= 4 is 21.6 Å². The van der Waals surface area contributed by atoms with Crippen molar-refractivity contribution in [3.05, 3.63) is 62.4 Å². The molecule has 0 saturated carbocycles. The van der Waals surface area contributed by atoms with E-state index in [2.05, 4.69) is 36.7 Å². The van der Waals surface area contributed by atoms with Crippen LogP contribution < -0.4 is 4.74 Å². The molecule has 2 aromatic carbocycles. The van der Waals surface area contributed by atoms with Crippen molar-refractivity contribution < 1.29 is 14.1 Å². The summed E-state index contributed by atoms with van der Waals surface area (Å²) in [4.78, 5) is 9.97. The summed E-state index contributed by atoms with van der Waals surface area (Å²) in [5.74, 6) is -0.375. The molecular weight excluding hydrogens is 353 g/mol. The number of benzene rings is 2. The molecule has 0 saturated heterocycles. The van der Waals surface area contributed by atoms with E-state index < -0.39 is 10.7 Å². The molecule has 2 aromatic rings. The van der Waals surface area contributed by atoms with E-state index in [1.54, 1.807) is 0 Å². The third-order valence-electron chi connectivity index (χ3n) is 3.14. The summed E-state index contributed by atoms with van der Waals surface area (Å²) in [7, 11) is 0. The predicted molar refractivity (Wildman–Crippen MR) is 86.0 cm³/mol. The van der Waals surface area contributed by atoms with E-state index >= 15 is 0 Å². The molecule has 0 aliphatic rings. The van der Waals surface area contributed by atoms with Gasteiger partial charge >= 0.3 is 0 Å². The summed E-state index contributed by atoms with van der Waals surface area (Å²) in [6.45, 7) is 6.19. The van der Waals surface area contributed by atoms with Crippen LogP contribution >= 0.6 is 15.9 Å². The molecule has 0 N–H and O–H groups in total. The molecule has 0 fully saturated rings. The van der Waals surface area contributed by atoms with Crippen molar-refractivity contribution in [1.82, 2.24) is 0 Å². The lowest BCUT2D eigenvalue weighted by atomic mass is 9.87. The summed E-state index contributed by atoms with van der Waals surface area (Å²) >= 11 is 3.36. The highest BCUT2D eigenvalue weighted by Gasteiger charge is 2.17. The average Bonchev–Trinajstić information content (AvgIpc) is 2.41. The van der Waals surface area contributed by atoms with E-state index in [1.807, 2.05) is 18.2 Å². The number of rotatable bonds is 3. The van der Waals surface area contributed by atoms with Gasteiger partial charge in [-0.2, -0.15) is 0 Å². The van der Waals surface area contributed by atoms with E-state index in [4.69, 9.17) is 4.74 Å². The average molecular weight is 368 g/mol. The third-order valence-corrected chi connectivity index (χ3v) is 3.80. The Morgan fingerprint density at radius 1 is 1.14 bits per heavy atom. The van der Waals surface area contributed by atoms with Crippen molar-refractivity contribution in [3.63, 3.8) is 0 Å². The zero-order valence-corrected chi connectivity index (χ0v) is 14.0. The minimum atomic E-state index is -0.776. The Morgan fingerprint density at radius 3 is 2.36 bits per heavy atom. The summed E-state index contributed by atoms with van der Waals surface area (Å²) in [5.41, 5.74) is 0.646. The minimum Gasteiger partial charge on any atom is -0.453 e. The zero-order chi connectivity index (χ0) is 16.5. The first-order valence-electron chi connectivity index (χ1n) is 6.60. The second-order valence-electron chi connectivity index (χ2n) is 5.87. The van der Waals surface area contributed by atoms with Crippen LogP contribution in [0.5, 0.6) is 11.5 Å². The number of non-ortho nitro benzene ring substituents is 1. The molecule has 22 heavy (non-hydrogen) atoms. The molecule has 0 aromatic heterocycles. The normalized spacial score (nSPS) is 11.3. The number of nitro benzene ring substituents is 1. The van der Waals surface area contributed by atoms with Crippen LogP contribution in [-0.2, 0) is 5.41 Å². The summed E-state index contributed by atoms with van der Waals surface area (Å²) in [6, 6.07) is 8.92. The molecule has 0 bridgehead atoms. The number of nitrogens with zero attached hydrogens (tertiary/aromatic N) is 1. The Hall–Kier alpha value is -1.95. The van der Waals surface area contributed by atoms with Gasteiger partial charge in [0.2, 0.25) is 0 Å². The lowest BCUT2D eigenvalue weighted by molar-refractivity contribution is -0.385. The molecule has 6 heteroatoms. The van der Waals surface area contributed by atoms with Crippen LogP contribution in [0.3, 0.4) is 0 Å². The number of hydrogen-bond donors (Lipinski definition) is 0. The maximum Gasteiger partial charge on any atom is 0.272 e. The van der Waals surface area contributed by atoms with Crippen molar-refractivity contribution in [1.29, 1.82) is 0 Å². The standard InChI is InChI=1S/C16H15BrFNO3/c1-16(2,3)10-4-6-12(17)15(8-10)22-14-7-5-11(19(20)21)9-13(14)18/h4-9H,1-3H3. The first-order chi connectivity index (χ1) is 10.2. The van der Waals surface area contributed by atoms with Crippen molar-refractivity contribution in [2.75, 3.05) is 0 Å². The number of hydrogen-bond acceptors (Lipinski definition) is 3. The highest BCUT2D eigenvalue weighted by Crippen LogP contribution is 2.35. The maximum atomic E-state index is 13.9. The Bertz CT molecular complexity index is 726. The topological polar surface area (TPSA) is 52.4 Å². The summed E-state index contributed by atoms with van der Waals surface area (Å²) in [6.07, 6.45) is 0. The molecule has 0 radical (unpaired) electrons. The molecule has 4 nitrogen and oxygen atoms in total. The second kappa shape index (κ2) is 6.04. The van der Waals surface area contributed by atoms with Gasteiger partial charge in [-0.25, -0.2) is 4.39 Å². The lowest BCUT2D eigenvalue weighted by Crippen LogP contribution is -2.10. The maximum absolute atomic E-state index is 13.9. The quantitative estimate of drug-likeness (QED) is 0.525. The molecule has 0 unspecified atom stereocenters. The van der Waals surface area contributed by atoms with Crippen molar-refractivity contribution in [2.24, 2.45) is 0 Å². The fourth-order valence-corrected chi connectivity index (χ4v) is 2.18. The summed E-state index contributed by atoms with van der Waals surface area (Å²) < 4.78 is 20.2. The number of ether oxygens (including phenoxy) is 1. The summed E-state index contributed by atoms with van der Waals surface area (Å²) in [5, 5.41) is 10.6. The number of nitro groups is 1. The van der Waals surface area contributed by atoms with Gasteiger partial charge in [-0.3, -0.25) is 10.1 Å². The van der Waals surface area contributed by atoms with Crippen LogP contribution in [0.2, 0.25) is 0 Å². The number of halogens is 2. The molecule has 0 spiro atoms. The van der Waals surface area contributed by atoms with Crippen LogP contribution in [-0.4, -0.2) is 4.92 Å². The Morgan fingerprint density at radius 2 is 1.82 bits per heavy atom. The fraction of sp³-hybridized carbons (Fsp3) is 0.250. The van der Waals surface area contributed by atoms with E-state index in [-0.39, 0.29) is 16.9 Å². The van der Waals surface area contributed by atoms with Gasteiger partial charge in [0.1, 0.15) is 5.75 Å². The van der Waals surface area contributed by atoms with E-state index in [9.17, 15) is 14.5 Å². The Labute approximate surface area is 136 Å². The molecule has 0 aliphatic heterocycles. The van der Waals surface area contributed by atoms with Crippen LogP contribution in [0.15, 0.2) is 40.9 Å². The molecule has 0 amide bonds. The SMILES string of the molecule is CC(C)(C)c1ccc(Br)c(Oc2ccc([N+](=O)[O-])cc2F)c1. The van der Waals surface area contributed by atoms with Gasteiger partial charge in [-0.15, -0.1) is 0 Å². The van der Waals surface area contributed by atoms with Crippen molar-refractivity contribution in [3.8, 4) is 11.5 Å². The third kappa shape index (κ3) is 3.62. The molecule has 116 valence electrons. The van der Waals surface area contributed by atoms with Gasteiger partial charge in [0.25, 0.3) is 5.69 Å².